The molecule has 6 nitrogen and oxygen atoms in total. The molecule has 0 bridgehead atoms. The Hall–Kier alpha value is -2.54. The molecule has 0 fully saturated rings. The minimum absolute atomic E-state index is 0.0349. The maximum absolute atomic E-state index is 12.8. The van der Waals surface area contributed by atoms with Gasteiger partial charge in [0.25, 0.3) is 15.9 Å². The van der Waals surface area contributed by atoms with E-state index < -0.39 is 10.0 Å². The standard InChI is InChI=1S/C15H14N2O4S/c1-16-15(18)10-7-8-13-14(9-10)22(19,20)17(2)11-5-3-4-6-12(11)21-13/h3-9H,1-2H3,(H,16,18). The minimum Gasteiger partial charge on any atom is -0.454 e. The van der Waals surface area contributed by atoms with Crippen LogP contribution in [0, 0.1) is 0 Å². The number of rotatable bonds is 1. The van der Waals surface area contributed by atoms with E-state index in [9.17, 15) is 13.2 Å². The van der Waals surface area contributed by atoms with Gasteiger partial charge in [-0.3, -0.25) is 9.10 Å². The van der Waals surface area contributed by atoms with Crippen molar-refractivity contribution < 1.29 is 17.9 Å². The lowest BCUT2D eigenvalue weighted by atomic mass is 10.2. The number of anilines is 1. The van der Waals surface area contributed by atoms with Crippen molar-refractivity contribution in [1.29, 1.82) is 0 Å². The zero-order valence-corrected chi connectivity index (χ0v) is 12.8. The van der Waals surface area contributed by atoms with Crippen LogP contribution >= 0.6 is 0 Å². The molecular formula is C15H14N2O4S. The van der Waals surface area contributed by atoms with Crippen LogP contribution in [0.1, 0.15) is 10.4 Å². The Kier molecular flexibility index (Phi) is 3.29. The first kappa shape index (κ1) is 14.4. The number of carbonyl (C=O) groups excluding carboxylic acids is 1. The number of carbonyl (C=O) groups is 1. The second-order valence-electron chi connectivity index (χ2n) is 4.78. The van der Waals surface area contributed by atoms with E-state index in [1.54, 1.807) is 24.3 Å². The Labute approximate surface area is 128 Å². The van der Waals surface area contributed by atoms with E-state index in [0.29, 0.717) is 11.4 Å². The van der Waals surface area contributed by atoms with Crippen LogP contribution in [-0.4, -0.2) is 28.4 Å². The highest BCUT2D eigenvalue weighted by molar-refractivity contribution is 7.93. The van der Waals surface area contributed by atoms with E-state index >= 15 is 0 Å². The number of sulfonamides is 1. The summed E-state index contributed by atoms with van der Waals surface area (Å²) in [5.74, 6) is 0.284. The molecule has 114 valence electrons. The van der Waals surface area contributed by atoms with Gasteiger partial charge < -0.3 is 10.1 Å². The quantitative estimate of drug-likeness (QED) is 0.872. The second kappa shape index (κ2) is 5.03. The predicted octanol–water partition coefficient (Wildman–Crippen LogP) is 1.98. The number of ether oxygens (including phenoxy) is 1. The first-order chi connectivity index (χ1) is 10.4. The summed E-state index contributed by atoms with van der Waals surface area (Å²) in [6, 6.07) is 11.2. The molecule has 1 aliphatic rings. The maximum Gasteiger partial charge on any atom is 0.267 e. The molecule has 1 heterocycles. The van der Waals surface area contributed by atoms with Gasteiger partial charge in [-0.2, -0.15) is 0 Å². The average molecular weight is 318 g/mol. The lowest BCUT2D eigenvalue weighted by Gasteiger charge is -2.17. The third-order valence-corrected chi connectivity index (χ3v) is 5.29. The number of amides is 1. The van der Waals surface area contributed by atoms with Crippen LogP contribution in [0.3, 0.4) is 0 Å². The van der Waals surface area contributed by atoms with Crippen LogP contribution in [-0.2, 0) is 10.0 Å². The van der Waals surface area contributed by atoms with Crippen molar-refractivity contribution in [3.63, 3.8) is 0 Å². The lowest BCUT2D eigenvalue weighted by molar-refractivity contribution is 0.0963. The molecule has 1 amide bonds. The number of fused-ring (bicyclic) bond motifs is 2. The van der Waals surface area contributed by atoms with Gasteiger partial charge in [-0.05, 0) is 30.3 Å². The van der Waals surface area contributed by atoms with Crippen LogP contribution in [0.15, 0.2) is 47.4 Å². The Balaban J connectivity index is 2.25. The molecular weight excluding hydrogens is 304 g/mol. The van der Waals surface area contributed by atoms with E-state index in [4.69, 9.17) is 4.74 Å². The summed E-state index contributed by atoms with van der Waals surface area (Å²) in [4.78, 5) is 11.7. The van der Waals surface area contributed by atoms with Crippen LogP contribution < -0.4 is 14.4 Å². The van der Waals surface area contributed by atoms with Crippen molar-refractivity contribution >= 4 is 21.6 Å². The highest BCUT2D eigenvalue weighted by Gasteiger charge is 2.31. The molecule has 0 aliphatic carbocycles. The Bertz CT molecular complexity index is 862. The van der Waals surface area contributed by atoms with Gasteiger partial charge in [0.05, 0.1) is 5.69 Å². The molecule has 2 aromatic carbocycles. The van der Waals surface area contributed by atoms with E-state index in [2.05, 4.69) is 5.32 Å². The average Bonchev–Trinajstić information content (AvgIpc) is 2.61. The van der Waals surface area contributed by atoms with Gasteiger partial charge in [0, 0.05) is 19.7 Å². The molecule has 0 saturated heterocycles. The monoisotopic (exact) mass is 318 g/mol. The maximum atomic E-state index is 12.8. The van der Waals surface area contributed by atoms with Gasteiger partial charge in [0.1, 0.15) is 10.6 Å². The molecule has 0 unspecified atom stereocenters. The van der Waals surface area contributed by atoms with Crippen molar-refractivity contribution in [2.75, 3.05) is 18.4 Å². The zero-order chi connectivity index (χ0) is 15.9. The summed E-state index contributed by atoms with van der Waals surface area (Å²) in [7, 11) is -0.862. The number of hydrogen-bond acceptors (Lipinski definition) is 4. The molecule has 1 aliphatic heterocycles. The minimum atomic E-state index is -3.81. The van der Waals surface area contributed by atoms with Gasteiger partial charge >= 0.3 is 0 Å². The SMILES string of the molecule is CNC(=O)c1ccc2c(c1)S(=O)(=O)N(C)c1ccccc1O2. The van der Waals surface area contributed by atoms with Crippen molar-refractivity contribution in [1.82, 2.24) is 5.32 Å². The fourth-order valence-electron chi connectivity index (χ4n) is 2.28. The number of nitrogens with one attached hydrogen (secondary N) is 1. The largest absolute Gasteiger partial charge is 0.454 e. The first-order valence-corrected chi connectivity index (χ1v) is 8.01. The van der Waals surface area contributed by atoms with Crippen LogP contribution in [0.5, 0.6) is 11.5 Å². The van der Waals surface area contributed by atoms with Crippen molar-refractivity contribution in [3.05, 3.63) is 48.0 Å². The number of benzene rings is 2. The molecule has 0 atom stereocenters. The van der Waals surface area contributed by atoms with Gasteiger partial charge in [0.2, 0.25) is 0 Å². The molecule has 2 aromatic rings. The van der Waals surface area contributed by atoms with Crippen molar-refractivity contribution in [2.45, 2.75) is 4.90 Å². The topological polar surface area (TPSA) is 75.7 Å². The van der Waals surface area contributed by atoms with Gasteiger partial charge in [-0.1, -0.05) is 12.1 Å². The summed E-state index contributed by atoms with van der Waals surface area (Å²) < 4.78 is 32.4. The molecule has 0 spiro atoms. The summed E-state index contributed by atoms with van der Waals surface area (Å²) in [6.07, 6.45) is 0. The molecule has 0 saturated carbocycles. The first-order valence-electron chi connectivity index (χ1n) is 6.57. The molecule has 0 aromatic heterocycles. The zero-order valence-electron chi connectivity index (χ0n) is 12.0. The smallest absolute Gasteiger partial charge is 0.267 e. The molecule has 7 heteroatoms. The molecule has 3 rings (SSSR count). The normalized spacial score (nSPS) is 15.1. The number of para-hydroxylation sites is 2. The highest BCUT2D eigenvalue weighted by Crippen LogP contribution is 2.41. The highest BCUT2D eigenvalue weighted by atomic mass is 32.2. The van der Waals surface area contributed by atoms with E-state index in [0.717, 1.165) is 4.31 Å². The molecule has 22 heavy (non-hydrogen) atoms. The summed E-state index contributed by atoms with van der Waals surface area (Å²) in [5.41, 5.74) is 0.702. The van der Waals surface area contributed by atoms with Crippen molar-refractivity contribution in [2.24, 2.45) is 0 Å². The van der Waals surface area contributed by atoms with Gasteiger partial charge in [0.15, 0.2) is 5.75 Å². The fraction of sp³-hybridized carbons (Fsp3) is 0.133. The molecule has 1 N–H and O–H groups in total. The predicted molar refractivity (Wildman–Crippen MR) is 81.9 cm³/mol. The lowest BCUT2D eigenvalue weighted by Crippen LogP contribution is -2.26. The van der Waals surface area contributed by atoms with Gasteiger partial charge in [-0.25, -0.2) is 8.42 Å². The third kappa shape index (κ3) is 2.10. The van der Waals surface area contributed by atoms with Gasteiger partial charge in [-0.15, -0.1) is 0 Å². The van der Waals surface area contributed by atoms with Crippen LogP contribution in [0.25, 0.3) is 0 Å². The fourth-order valence-corrected chi connectivity index (χ4v) is 3.62. The second-order valence-corrected chi connectivity index (χ2v) is 6.72. The Morgan fingerprint density at radius 1 is 1.14 bits per heavy atom. The van der Waals surface area contributed by atoms with Crippen LogP contribution in [0.4, 0.5) is 5.69 Å². The Morgan fingerprint density at radius 2 is 1.86 bits per heavy atom. The van der Waals surface area contributed by atoms with Crippen molar-refractivity contribution in [3.8, 4) is 11.5 Å². The third-order valence-electron chi connectivity index (χ3n) is 3.50. The van der Waals surface area contributed by atoms with E-state index in [-0.39, 0.29) is 22.1 Å². The van der Waals surface area contributed by atoms with E-state index in [1.807, 2.05) is 0 Å². The summed E-state index contributed by atoms with van der Waals surface area (Å²) in [5, 5.41) is 2.47. The van der Waals surface area contributed by atoms with E-state index in [1.165, 1.54) is 32.3 Å². The summed E-state index contributed by atoms with van der Waals surface area (Å²) in [6.45, 7) is 0. The number of nitrogens with zero attached hydrogens (tertiary/aromatic N) is 1. The summed E-state index contributed by atoms with van der Waals surface area (Å²) >= 11 is 0. The molecule has 0 radical (unpaired) electrons. The van der Waals surface area contributed by atoms with Crippen LogP contribution in [0.2, 0.25) is 0 Å². The Morgan fingerprint density at radius 3 is 2.59 bits per heavy atom. The number of hydrogen-bond donors (Lipinski definition) is 1.